The van der Waals surface area contributed by atoms with Gasteiger partial charge in [0.05, 0.1) is 43.1 Å². The highest BCUT2D eigenvalue weighted by molar-refractivity contribution is 5.70. The van der Waals surface area contributed by atoms with E-state index in [0.29, 0.717) is 31.9 Å². The number of nitrogens with one attached hydrogen (secondary N) is 2. The fourth-order valence-corrected chi connectivity index (χ4v) is 4.58. The molecule has 0 bridgehead atoms. The molecule has 1 fully saturated rings. The number of aromatic nitrogens is 2. The van der Waals surface area contributed by atoms with Crippen LogP contribution in [0.5, 0.6) is 0 Å². The van der Waals surface area contributed by atoms with Gasteiger partial charge in [0.15, 0.2) is 29.1 Å². The van der Waals surface area contributed by atoms with Gasteiger partial charge in [-0.25, -0.2) is 23.1 Å². The number of carbonyl (C=O) groups is 1. The lowest BCUT2D eigenvalue weighted by Gasteiger charge is -2.28. The lowest BCUT2D eigenvalue weighted by atomic mass is 9.91. The minimum absolute atomic E-state index is 0.0421. The Hall–Kier alpha value is -4.37. The van der Waals surface area contributed by atoms with Crippen LogP contribution >= 0.6 is 0 Å². The van der Waals surface area contributed by atoms with Gasteiger partial charge in [0, 0.05) is 19.2 Å². The number of esters is 1. The monoisotopic (exact) mass is 582 g/mol. The van der Waals surface area contributed by atoms with Gasteiger partial charge >= 0.3 is 5.97 Å². The molecular weight excluding hydrogens is 549 g/mol. The molecule has 0 radical (unpaired) electrons. The van der Waals surface area contributed by atoms with Crippen molar-refractivity contribution in [2.24, 2.45) is 5.92 Å². The fourth-order valence-electron chi connectivity index (χ4n) is 4.58. The van der Waals surface area contributed by atoms with E-state index >= 15 is 4.39 Å². The Bertz CT molecular complexity index is 1470. The average Bonchev–Trinajstić information content (AvgIpc) is 2.92. The molecule has 42 heavy (non-hydrogen) atoms. The molecule has 3 aromatic rings. The van der Waals surface area contributed by atoms with Crippen molar-refractivity contribution < 1.29 is 27.4 Å². The summed E-state index contributed by atoms with van der Waals surface area (Å²) in [4.78, 5) is 22.9. The van der Waals surface area contributed by atoms with Crippen LogP contribution in [0.4, 0.5) is 36.3 Å². The number of ether oxygens (including phenoxy) is 2. The number of carbonyl (C=O) groups excluding carboxylic acids is 1. The molecule has 0 spiro atoms. The molecule has 0 amide bonds. The number of nitriles is 1. The van der Waals surface area contributed by atoms with E-state index in [1.807, 2.05) is 6.07 Å². The summed E-state index contributed by atoms with van der Waals surface area (Å²) in [6.07, 6.45) is 1.35. The summed E-state index contributed by atoms with van der Waals surface area (Å²) >= 11 is 0. The second kappa shape index (κ2) is 13.1. The quantitative estimate of drug-likeness (QED) is 0.299. The first-order valence-electron chi connectivity index (χ1n) is 13.5. The van der Waals surface area contributed by atoms with Gasteiger partial charge in [-0.15, -0.1) is 0 Å². The van der Waals surface area contributed by atoms with Gasteiger partial charge in [0.25, 0.3) is 0 Å². The summed E-state index contributed by atoms with van der Waals surface area (Å²) in [5.74, 6) is -2.99. The second-order valence-electron chi connectivity index (χ2n) is 11.0. The Balaban J connectivity index is 1.62. The Morgan fingerprint density at radius 3 is 2.52 bits per heavy atom. The average molecular weight is 583 g/mol. The van der Waals surface area contributed by atoms with E-state index in [2.05, 4.69) is 20.6 Å². The zero-order valence-electron chi connectivity index (χ0n) is 23.9. The molecule has 2 aromatic heterocycles. The summed E-state index contributed by atoms with van der Waals surface area (Å²) in [6, 6.07) is 9.06. The predicted octanol–water partition coefficient (Wildman–Crippen LogP) is 5.87. The third-order valence-electron chi connectivity index (χ3n) is 6.47. The van der Waals surface area contributed by atoms with Gasteiger partial charge in [-0.05, 0) is 50.5 Å². The summed E-state index contributed by atoms with van der Waals surface area (Å²) in [7, 11) is 0. The van der Waals surface area contributed by atoms with Crippen LogP contribution in [0.15, 0.2) is 42.6 Å². The second-order valence-corrected chi connectivity index (χ2v) is 11.0. The Kier molecular flexibility index (Phi) is 9.52. The number of hydrogen-bond donors (Lipinski definition) is 2. The smallest absolute Gasteiger partial charge is 0.306 e. The molecule has 2 N–H and O–H groups in total. The van der Waals surface area contributed by atoms with E-state index in [-0.39, 0.29) is 35.1 Å². The molecule has 12 heteroatoms. The number of anilines is 4. The van der Waals surface area contributed by atoms with Crippen molar-refractivity contribution in [2.45, 2.75) is 45.8 Å². The number of morpholine rings is 1. The predicted molar refractivity (Wildman–Crippen MR) is 152 cm³/mol. The van der Waals surface area contributed by atoms with Crippen LogP contribution in [0.25, 0.3) is 0 Å². The van der Waals surface area contributed by atoms with E-state index in [4.69, 9.17) is 9.47 Å². The van der Waals surface area contributed by atoms with Crippen LogP contribution in [0.3, 0.4) is 0 Å². The zero-order chi connectivity index (χ0) is 30.4. The normalized spacial score (nSPS) is 15.0. The Labute approximate surface area is 242 Å². The van der Waals surface area contributed by atoms with Crippen LogP contribution < -0.4 is 15.5 Å². The zero-order valence-corrected chi connectivity index (χ0v) is 23.9. The van der Waals surface area contributed by atoms with E-state index in [1.165, 1.54) is 30.5 Å². The lowest BCUT2D eigenvalue weighted by Crippen LogP contribution is -2.37. The van der Waals surface area contributed by atoms with Gasteiger partial charge in [-0.2, -0.15) is 5.26 Å². The topological polar surface area (TPSA) is 112 Å². The molecule has 222 valence electrons. The summed E-state index contributed by atoms with van der Waals surface area (Å²) < 4.78 is 55.1. The first-order chi connectivity index (χ1) is 19.9. The molecule has 0 unspecified atom stereocenters. The largest absolute Gasteiger partial charge is 0.460 e. The van der Waals surface area contributed by atoms with Crippen LogP contribution in [-0.4, -0.2) is 47.8 Å². The lowest BCUT2D eigenvalue weighted by molar-refractivity contribution is -0.155. The maximum atomic E-state index is 15.2. The van der Waals surface area contributed by atoms with E-state index in [0.717, 1.165) is 6.07 Å². The van der Waals surface area contributed by atoms with Crippen LogP contribution in [-0.2, 0) is 14.3 Å². The molecule has 3 heterocycles. The van der Waals surface area contributed by atoms with Crippen molar-refractivity contribution in [1.82, 2.24) is 9.97 Å². The summed E-state index contributed by atoms with van der Waals surface area (Å²) in [6.45, 7) is 8.94. The molecule has 1 aromatic carbocycles. The van der Waals surface area contributed by atoms with Gasteiger partial charge in [-0.3, -0.25) is 4.79 Å². The first-order valence-corrected chi connectivity index (χ1v) is 13.5. The van der Waals surface area contributed by atoms with Crippen molar-refractivity contribution >= 4 is 29.1 Å². The highest BCUT2D eigenvalue weighted by Crippen LogP contribution is 2.32. The highest BCUT2D eigenvalue weighted by Gasteiger charge is 2.27. The number of benzene rings is 1. The van der Waals surface area contributed by atoms with Crippen LogP contribution in [0.2, 0.25) is 0 Å². The van der Waals surface area contributed by atoms with Crippen molar-refractivity contribution in [2.75, 3.05) is 41.8 Å². The van der Waals surface area contributed by atoms with E-state index in [9.17, 15) is 18.8 Å². The molecule has 1 saturated heterocycles. The summed E-state index contributed by atoms with van der Waals surface area (Å²) in [5.41, 5.74) is -0.170. The SMILES string of the molecule is C[C@H](CC(=O)OC(C)(C)C)[C@H](Nc1nc(Nc2cnc(N3CCOCC3)c(F)c2)c(C#N)cc1F)c1cccc(F)c1. The standard InChI is InChI=1S/C30H33F3N6O3/c1-18(12-25(40)42-30(2,3)4)26(19-6-5-7-21(31)13-19)37-28-23(32)14-20(16-34)27(38-28)36-22-15-24(33)29(35-17-22)39-8-10-41-11-9-39/h5-7,13-15,17-18,26H,8-12H2,1-4H3,(H2,36,37,38)/t18-,26+/m1/s1. The van der Waals surface area contributed by atoms with Crippen molar-refractivity contribution in [3.63, 3.8) is 0 Å². The maximum absolute atomic E-state index is 15.2. The maximum Gasteiger partial charge on any atom is 0.306 e. The number of halogens is 3. The van der Waals surface area contributed by atoms with Gasteiger partial charge in [-0.1, -0.05) is 19.1 Å². The molecule has 1 aliphatic rings. The summed E-state index contributed by atoms with van der Waals surface area (Å²) in [5, 5.41) is 15.5. The molecule has 4 rings (SSSR count). The number of rotatable bonds is 9. The van der Waals surface area contributed by atoms with E-state index in [1.54, 1.807) is 38.7 Å². The Morgan fingerprint density at radius 2 is 1.88 bits per heavy atom. The molecule has 2 atom stereocenters. The molecule has 0 saturated carbocycles. The van der Waals surface area contributed by atoms with Crippen LogP contribution in [0, 0.1) is 34.7 Å². The van der Waals surface area contributed by atoms with Gasteiger partial charge in [0.2, 0.25) is 0 Å². The minimum atomic E-state index is -0.838. The van der Waals surface area contributed by atoms with Crippen molar-refractivity contribution in [3.05, 3.63) is 71.2 Å². The third kappa shape index (κ3) is 7.88. The highest BCUT2D eigenvalue weighted by atomic mass is 19.1. The van der Waals surface area contributed by atoms with E-state index < -0.39 is 41.0 Å². The Morgan fingerprint density at radius 1 is 1.14 bits per heavy atom. The molecular formula is C30H33F3N6O3. The van der Waals surface area contributed by atoms with Gasteiger partial charge in [0.1, 0.15) is 17.5 Å². The number of pyridine rings is 2. The van der Waals surface area contributed by atoms with Crippen molar-refractivity contribution in [3.8, 4) is 6.07 Å². The molecule has 0 aliphatic carbocycles. The number of hydrogen-bond acceptors (Lipinski definition) is 9. The molecule has 1 aliphatic heterocycles. The first kappa shape index (κ1) is 30.6. The number of nitrogens with zero attached hydrogens (tertiary/aromatic N) is 4. The van der Waals surface area contributed by atoms with Crippen LogP contribution in [0.1, 0.15) is 51.3 Å². The molecule has 9 nitrogen and oxygen atoms in total. The van der Waals surface area contributed by atoms with Crippen molar-refractivity contribution in [1.29, 1.82) is 5.26 Å². The minimum Gasteiger partial charge on any atom is -0.460 e. The third-order valence-corrected chi connectivity index (χ3v) is 6.47. The fraction of sp³-hybridized carbons (Fsp3) is 0.400. The van der Waals surface area contributed by atoms with Gasteiger partial charge < -0.3 is 25.0 Å².